The molecule has 6 rings (SSSR count). The van der Waals surface area contributed by atoms with Crippen LogP contribution < -0.4 is 4.57 Å². The molecule has 2 aromatic heterocycles. The number of benzene rings is 3. The topological polar surface area (TPSA) is 17.0 Å². The monoisotopic (exact) mass is 508 g/mol. The molecular formula is C35H37FNO+. The lowest BCUT2D eigenvalue weighted by Gasteiger charge is -2.18. The van der Waals surface area contributed by atoms with Gasteiger partial charge in [0.25, 0.3) is 0 Å². The molecule has 0 atom stereocenters. The van der Waals surface area contributed by atoms with Gasteiger partial charge in [-0.05, 0) is 71.9 Å². The summed E-state index contributed by atoms with van der Waals surface area (Å²) >= 11 is 0. The number of hydrogen-bond donors (Lipinski definition) is 0. The Bertz CT molecular complexity index is 1740. The van der Waals surface area contributed by atoms with Crippen molar-refractivity contribution in [3.8, 4) is 22.4 Å². The molecule has 0 spiro atoms. The fourth-order valence-electron chi connectivity index (χ4n) is 6.08. The van der Waals surface area contributed by atoms with Crippen LogP contribution in [0.4, 0.5) is 4.39 Å². The van der Waals surface area contributed by atoms with Crippen molar-refractivity contribution in [2.45, 2.75) is 65.7 Å². The van der Waals surface area contributed by atoms with Crippen LogP contribution in [0.25, 0.3) is 44.3 Å². The number of aryl methyl sites for hydroxylation is 2. The van der Waals surface area contributed by atoms with Crippen molar-refractivity contribution >= 4 is 21.9 Å². The van der Waals surface area contributed by atoms with Crippen LogP contribution in [0.3, 0.4) is 0 Å². The molecule has 0 bridgehead atoms. The molecule has 3 aromatic carbocycles. The first-order chi connectivity index (χ1) is 19.0. The normalized spacial score (nSPS) is 15.8. The van der Waals surface area contributed by atoms with Crippen molar-refractivity contribution in [3.05, 3.63) is 89.4 Å². The minimum Gasteiger partial charge on any atom is -0.454 e. The summed E-state index contributed by atoms with van der Waals surface area (Å²) in [6.45, 7) is 7.79. The first-order valence-corrected chi connectivity index (χ1v) is 13.7. The van der Waals surface area contributed by atoms with E-state index >= 15 is 4.39 Å². The highest BCUT2D eigenvalue weighted by molar-refractivity contribution is 6.13. The molecule has 1 fully saturated rings. The standard InChI is InChI=1S/C35H37FNO/c1-22-10-15-27-28-16-17-29(36)32(26-13-11-25(12-14-26)24-8-6-7-9-24)34(28)38-33(27)31(22)30-20-23(18-19-37(30)5)21-35(2,3)4/h10-20,24H,6-9,21H2,1-5H3/q+1/i21D2. The number of nitrogens with zero attached hydrogens (tertiary/aromatic N) is 1. The Morgan fingerprint density at radius 2 is 1.58 bits per heavy atom. The van der Waals surface area contributed by atoms with Crippen molar-refractivity contribution in [1.29, 1.82) is 0 Å². The van der Waals surface area contributed by atoms with Crippen molar-refractivity contribution in [3.63, 3.8) is 0 Å². The minimum absolute atomic E-state index is 0.302. The van der Waals surface area contributed by atoms with E-state index in [1.54, 1.807) is 6.07 Å². The summed E-state index contributed by atoms with van der Waals surface area (Å²) < 4.78 is 41.8. The van der Waals surface area contributed by atoms with Gasteiger partial charge in [0.15, 0.2) is 6.20 Å². The molecule has 1 aliphatic carbocycles. The molecule has 2 heterocycles. The van der Waals surface area contributed by atoms with Crippen LogP contribution in [0.1, 0.15) is 71.8 Å². The molecule has 3 heteroatoms. The first kappa shape index (κ1) is 22.5. The maximum atomic E-state index is 15.5. The molecule has 5 aromatic rings. The van der Waals surface area contributed by atoms with E-state index in [2.05, 4.69) is 18.2 Å². The number of halogens is 1. The SMILES string of the molecule is [2H]C([2H])(c1cc[n+](C)c(-c2c(C)ccc3c2oc2c(-c4ccc(C5CCCC5)cc4)c(F)ccc23)c1)C(C)(C)C. The molecule has 0 radical (unpaired) electrons. The van der Waals surface area contributed by atoms with E-state index in [4.69, 9.17) is 7.16 Å². The first-order valence-electron chi connectivity index (χ1n) is 14.7. The zero-order chi connectivity index (χ0) is 28.4. The minimum atomic E-state index is -1.54. The number of hydrogen-bond acceptors (Lipinski definition) is 1. The van der Waals surface area contributed by atoms with Gasteiger partial charge in [0.1, 0.15) is 24.0 Å². The van der Waals surface area contributed by atoms with Gasteiger partial charge in [-0.15, -0.1) is 0 Å². The van der Waals surface area contributed by atoms with Gasteiger partial charge in [-0.3, -0.25) is 0 Å². The third kappa shape index (κ3) is 4.42. The predicted molar refractivity (Wildman–Crippen MR) is 155 cm³/mol. The number of rotatable bonds is 4. The Morgan fingerprint density at radius 3 is 2.26 bits per heavy atom. The van der Waals surface area contributed by atoms with E-state index < -0.39 is 11.8 Å². The van der Waals surface area contributed by atoms with Crippen LogP contribution >= 0.6 is 0 Å². The highest BCUT2D eigenvalue weighted by atomic mass is 19.1. The zero-order valence-corrected chi connectivity index (χ0v) is 23.0. The molecule has 194 valence electrons. The molecule has 0 aliphatic heterocycles. The summed E-state index contributed by atoms with van der Waals surface area (Å²) in [5.41, 5.74) is 6.66. The Labute approximate surface area is 227 Å². The predicted octanol–water partition coefficient (Wildman–Crippen LogP) is 9.44. The Morgan fingerprint density at radius 1 is 0.921 bits per heavy atom. The van der Waals surface area contributed by atoms with Gasteiger partial charge < -0.3 is 4.42 Å². The quantitative estimate of drug-likeness (QED) is 0.221. The molecule has 0 unspecified atom stereocenters. The molecule has 1 aliphatic rings. The van der Waals surface area contributed by atoms with Crippen LogP contribution in [0, 0.1) is 18.2 Å². The summed E-state index contributed by atoms with van der Waals surface area (Å²) in [5.74, 6) is 0.303. The average molecular weight is 509 g/mol. The van der Waals surface area contributed by atoms with Crippen molar-refractivity contribution < 1.29 is 16.1 Å². The summed E-state index contributed by atoms with van der Waals surface area (Å²) in [6.07, 6.45) is 5.39. The van der Waals surface area contributed by atoms with E-state index in [0.717, 1.165) is 33.2 Å². The average Bonchev–Trinajstić information content (AvgIpc) is 3.57. The van der Waals surface area contributed by atoms with Crippen LogP contribution in [-0.4, -0.2) is 0 Å². The highest BCUT2D eigenvalue weighted by Gasteiger charge is 2.25. The van der Waals surface area contributed by atoms with Gasteiger partial charge in [-0.2, -0.15) is 0 Å². The van der Waals surface area contributed by atoms with Crippen molar-refractivity contribution in [2.75, 3.05) is 0 Å². The summed E-state index contributed by atoms with van der Waals surface area (Å²) in [6, 6.07) is 19.6. The van der Waals surface area contributed by atoms with Gasteiger partial charge in [0.05, 0.1) is 11.1 Å². The third-order valence-electron chi connectivity index (χ3n) is 7.92. The Kier molecular flexibility index (Phi) is 5.56. The third-order valence-corrected chi connectivity index (χ3v) is 7.92. The van der Waals surface area contributed by atoms with Gasteiger partial charge in [-0.1, -0.05) is 70.0 Å². The van der Waals surface area contributed by atoms with Crippen LogP contribution in [0.15, 0.2) is 71.3 Å². The molecular weight excluding hydrogens is 469 g/mol. The number of pyridine rings is 1. The lowest BCUT2D eigenvalue weighted by Crippen LogP contribution is -2.31. The number of fused-ring (bicyclic) bond motifs is 3. The van der Waals surface area contributed by atoms with Gasteiger partial charge in [-0.25, -0.2) is 8.96 Å². The number of furan rings is 1. The summed E-state index contributed by atoms with van der Waals surface area (Å²) in [5, 5.41) is 1.79. The van der Waals surface area contributed by atoms with Crippen molar-refractivity contribution in [2.24, 2.45) is 12.5 Å². The largest absolute Gasteiger partial charge is 0.454 e. The van der Waals surface area contributed by atoms with Crippen LogP contribution in [-0.2, 0) is 13.4 Å². The van der Waals surface area contributed by atoms with E-state index in [1.807, 2.05) is 75.8 Å². The zero-order valence-electron chi connectivity index (χ0n) is 25.0. The van der Waals surface area contributed by atoms with Gasteiger partial charge in [0.2, 0.25) is 5.69 Å². The van der Waals surface area contributed by atoms with Gasteiger partial charge in [0, 0.05) is 25.6 Å². The smallest absolute Gasteiger partial charge is 0.216 e. The molecule has 0 amide bonds. The van der Waals surface area contributed by atoms with Crippen molar-refractivity contribution in [1.82, 2.24) is 0 Å². The molecule has 0 saturated heterocycles. The maximum Gasteiger partial charge on any atom is 0.216 e. The highest BCUT2D eigenvalue weighted by Crippen LogP contribution is 2.42. The van der Waals surface area contributed by atoms with E-state index in [0.29, 0.717) is 28.2 Å². The second-order valence-electron chi connectivity index (χ2n) is 11.9. The molecule has 0 N–H and O–H groups in total. The van der Waals surface area contributed by atoms with Crippen LogP contribution in [0.5, 0.6) is 0 Å². The fraction of sp³-hybridized carbons (Fsp3) is 0.343. The Hall–Kier alpha value is -3.46. The van der Waals surface area contributed by atoms with Crippen LogP contribution in [0.2, 0.25) is 0 Å². The fourth-order valence-corrected chi connectivity index (χ4v) is 6.08. The second kappa shape index (κ2) is 9.38. The molecule has 2 nitrogen and oxygen atoms in total. The lowest BCUT2D eigenvalue weighted by molar-refractivity contribution is -0.660. The lowest BCUT2D eigenvalue weighted by atomic mass is 9.88. The molecule has 38 heavy (non-hydrogen) atoms. The maximum absolute atomic E-state index is 15.5. The molecule has 1 saturated carbocycles. The van der Waals surface area contributed by atoms with E-state index in [-0.39, 0.29) is 5.82 Å². The van der Waals surface area contributed by atoms with E-state index in [9.17, 15) is 0 Å². The van der Waals surface area contributed by atoms with Gasteiger partial charge >= 0.3 is 0 Å². The summed E-state index contributed by atoms with van der Waals surface area (Å²) in [7, 11) is 1.96. The number of aromatic nitrogens is 1. The Balaban J connectivity index is 1.55. The van der Waals surface area contributed by atoms with E-state index in [1.165, 1.54) is 37.3 Å². The second-order valence-corrected chi connectivity index (χ2v) is 11.9. The summed E-state index contributed by atoms with van der Waals surface area (Å²) in [4.78, 5) is 0.